The van der Waals surface area contributed by atoms with Crippen molar-refractivity contribution in [2.24, 2.45) is 5.92 Å². The van der Waals surface area contributed by atoms with Gasteiger partial charge in [0.2, 0.25) is 0 Å². The van der Waals surface area contributed by atoms with Gasteiger partial charge in [-0.3, -0.25) is 4.90 Å². The van der Waals surface area contributed by atoms with E-state index < -0.39 is 0 Å². The van der Waals surface area contributed by atoms with Gasteiger partial charge in [-0.1, -0.05) is 6.42 Å². The van der Waals surface area contributed by atoms with Crippen molar-refractivity contribution in [3.63, 3.8) is 0 Å². The minimum atomic E-state index is -0.244. The van der Waals surface area contributed by atoms with E-state index in [2.05, 4.69) is 11.0 Å². The van der Waals surface area contributed by atoms with Gasteiger partial charge in [-0.05, 0) is 50.4 Å². The third kappa shape index (κ3) is 2.95. The SMILES string of the molecule is N#Cc1ccc(F)c(CN2CCCC2C2CCCC2O)c1. The molecule has 3 rings (SSSR count). The average Bonchev–Trinajstić information content (AvgIpc) is 3.09. The lowest BCUT2D eigenvalue weighted by Gasteiger charge is -2.31. The van der Waals surface area contributed by atoms with Crippen LogP contribution in [0, 0.1) is 23.1 Å². The van der Waals surface area contributed by atoms with Gasteiger partial charge in [0.05, 0.1) is 17.7 Å². The number of rotatable bonds is 3. The van der Waals surface area contributed by atoms with Crippen LogP contribution >= 0.6 is 0 Å². The summed E-state index contributed by atoms with van der Waals surface area (Å²) in [6.45, 7) is 1.49. The maximum absolute atomic E-state index is 14.0. The molecule has 21 heavy (non-hydrogen) atoms. The van der Waals surface area contributed by atoms with Crippen LogP contribution in [0.5, 0.6) is 0 Å². The first kappa shape index (κ1) is 14.5. The molecule has 0 aromatic heterocycles. The van der Waals surface area contributed by atoms with Gasteiger partial charge in [-0.2, -0.15) is 5.26 Å². The Hall–Kier alpha value is -1.44. The number of aliphatic hydroxyl groups excluding tert-OH is 1. The van der Waals surface area contributed by atoms with Gasteiger partial charge in [0.1, 0.15) is 5.82 Å². The fourth-order valence-electron chi connectivity index (χ4n) is 3.94. The fraction of sp³-hybridized carbons (Fsp3) is 0.588. The van der Waals surface area contributed by atoms with E-state index in [-0.39, 0.29) is 11.9 Å². The minimum absolute atomic E-state index is 0.203. The summed E-state index contributed by atoms with van der Waals surface area (Å²) in [5.74, 6) is 0.0846. The smallest absolute Gasteiger partial charge is 0.127 e. The van der Waals surface area contributed by atoms with Gasteiger partial charge in [-0.15, -0.1) is 0 Å². The molecule has 0 radical (unpaired) electrons. The Morgan fingerprint density at radius 3 is 2.86 bits per heavy atom. The summed E-state index contributed by atoms with van der Waals surface area (Å²) >= 11 is 0. The van der Waals surface area contributed by atoms with Crippen molar-refractivity contribution >= 4 is 0 Å². The molecule has 2 fully saturated rings. The molecular weight excluding hydrogens is 267 g/mol. The Labute approximate surface area is 125 Å². The van der Waals surface area contributed by atoms with Crippen LogP contribution in [0.3, 0.4) is 0 Å². The molecule has 0 amide bonds. The van der Waals surface area contributed by atoms with E-state index in [1.165, 1.54) is 12.1 Å². The second-order valence-electron chi connectivity index (χ2n) is 6.26. The Bertz CT molecular complexity index is 554. The van der Waals surface area contributed by atoms with Gasteiger partial charge in [0.25, 0.3) is 0 Å². The van der Waals surface area contributed by atoms with E-state index in [4.69, 9.17) is 5.26 Å². The molecule has 3 nitrogen and oxygen atoms in total. The zero-order valence-electron chi connectivity index (χ0n) is 12.1. The quantitative estimate of drug-likeness (QED) is 0.930. The second-order valence-corrected chi connectivity index (χ2v) is 6.26. The molecule has 1 aliphatic carbocycles. The van der Waals surface area contributed by atoms with Crippen molar-refractivity contribution < 1.29 is 9.50 Å². The molecular formula is C17H21FN2O. The first-order chi connectivity index (χ1) is 10.2. The lowest BCUT2D eigenvalue weighted by Crippen LogP contribution is -2.38. The van der Waals surface area contributed by atoms with Crippen molar-refractivity contribution in [2.45, 2.75) is 50.8 Å². The van der Waals surface area contributed by atoms with Crippen LogP contribution in [0.1, 0.15) is 43.2 Å². The highest BCUT2D eigenvalue weighted by Crippen LogP contribution is 2.36. The molecule has 2 aliphatic rings. The summed E-state index contributed by atoms with van der Waals surface area (Å²) in [6, 6.07) is 6.96. The molecule has 4 heteroatoms. The number of likely N-dealkylation sites (tertiary alicyclic amines) is 1. The molecule has 1 heterocycles. The summed E-state index contributed by atoms with van der Waals surface area (Å²) in [6.07, 6.45) is 5.05. The molecule has 1 aliphatic heterocycles. The highest BCUT2D eigenvalue weighted by molar-refractivity contribution is 5.33. The van der Waals surface area contributed by atoms with Gasteiger partial charge in [-0.25, -0.2) is 4.39 Å². The predicted octanol–water partition coefficient (Wildman–Crippen LogP) is 2.82. The van der Waals surface area contributed by atoms with Crippen molar-refractivity contribution in [3.8, 4) is 6.07 Å². The van der Waals surface area contributed by atoms with Crippen LogP contribution in [0.2, 0.25) is 0 Å². The number of hydrogen-bond acceptors (Lipinski definition) is 3. The van der Waals surface area contributed by atoms with E-state index in [0.29, 0.717) is 29.6 Å². The molecule has 1 saturated heterocycles. The van der Waals surface area contributed by atoms with Crippen LogP contribution < -0.4 is 0 Å². The summed E-state index contributed by atoms with van der Waals surface area (Å²) in [5, 5.41) is 19.1. The number of nitrogens with zero attached hydrogens (tertiary/aromatic N) is 2. The average molecular weight is 288 g/mol. The third-order valence-corrected chi connectivity index (χ3v) is 4.99. The van der Waals surface area contributed by atoms with Gasteiger partial charge >= 0.3 is 0 Å². The van der Waals surface area contributed by atoms with E-state index >= 15 is 0 Å². The van der Waals surface area contributed by atoms with Crippen LogP contribution in [0.25, 0.3) is 0 Å². The summed E-state index contributed by atoms with van der Waals surface area (Å²) in [4.78, 5) is 2.29. The Morgan fingerprint density at radius 1 is 1.29 bits per heavy atom. The van der Waals surface area contributed by atoms with Crippen LogP contribution in [-0.4, -0.2) is 28.7 Å². The number of nitriles is 1. The summed E-state index contributed by atoms with van der Waals surface area (Å²) in [7, 11) is 0. The molecule has 3 atom stereocenters. The van der Waals surface area contributed by atoms with Crippen LogP contribution in [-0.2, 0) is 6.54 Å². The Morgan fingerprint density at radius 2 is 2.14 bits per heavy atom. The lowest BCUT2D eigenvalue weighted by atomic mass is 9.93. The van der Waals surface area contributed by atoms with Crippen molar-refractivity contribution in [3.05, 3.63) is 35.1 Å². The first-order valence-corrected chi connectivity index (χ1v) is 7.79. The predicted molar refractivity (Wildman–Crippen MR) is 77.9 cm³/mol. The van der Waals surface area contributed by atoms with Crippen LogP contribution in [0.4, 0.5) is 4.39 Å². The molecule has 0 bridgehead atoms. The molecule has 1 aromatic rings. The number of aliphatic hydroxyl groups is 1. The van der Waals surface area contributed by atoms with Gasteiger partial charge in [0, 0.05) is 24.1 Å². The lowest BCUT2D eigenvalue weighted by molar-refractivity contribution is 0.0715. The summed E-state index contributed by atoms with van der Waals surface area (Å²) < 4.78 is 14.0. The van der Waals surface area contributed by atoms with Crippen LogP contribution in [0.15, 0.2) is 18.2 Å². The highest BCUT2D eigenvalue weighted by atomic mass is 19.1. The molecule has 112 valence electrons. The van der Waals surface area contributed by atoms with E-state index in [1.807, 2.05) is 0 Å². The monoisotopic (exact) mass is 288 g/mol. The molecule has 1 N–H and O–H groups in total. The standard InChI is InChI=1S/C17H21FN2O/c18-15-7-6-12(10-19)9-13(15)11-20-8-2-4-16(20)14-3-1-5-17(14)21/h6-7,9,14,16-17,21H,1-5,8,11H2. The van der Waals surface area contributed by atoms with Gasteiger partial charge < -0.3 is 5.11 Å². The van der Waals surface area contributed by atoms with E-state index in [9.17, 15) is 9.50 Å². The van der Waals surface area contributed by atoms with Crippen molar-refractivity contribution in [1.29, 1.82) is 5.26 Å². The topological polar surface area (TPSA) is 47.3 Å². The number of benzene rings is 1. The van der Waals surface area contributed by atoms with Crippen molar-refractivity contribution in [2.75, 3.05) is 6.54 Å². The minimum Gasteiger partial charge on any atom is -0.393 e. The molecule has 1 aromatic carbocycles. The number of hydrogen-bond donors (Lipinski definition) is 1. The fourth-order valence-corrected chi connectivity index (χ4v) is 3.94. The Balaban J connectivity index is 1.76. The highest BCUT2D eigenvalue weighted by Gasteiger charge is 2.38. The van der Waals surface area contributed by atoms with Gasteiger partial charge in [0.15, 0.2) is 0 Å². The zero-order valence-corrected chi connectivity index (χ0v) is 12.1. The maximum atomic E-state index is 14.0. The zero-order chi connectivity index (χ0) is 14.8. The summed E-state index contributed by atoms with van der Waals surface area (Å²) in [5.41, 5.74) is 1.09. The van der Waals surface area contributed by atoms with E-state index in [1.54, 1.807) is 6.07 Å². The molecule has 1 saturated carbocycles. The van der Waals surface area contributed by atoms with Crippen molar-refractivity contribution in [1.82, 2.24) is 4.90 Å². The van der Waals surface area contributed by atoms with E-state index in [0.717, 1.165) is 38.6 Å². The third-order valence-electron chi connectivity index (χ3n) is 4.99. The Kier molecular flexibility index (Phi) is 4.23. The number of halogens is 1. The first-order valence-electron chi connectivity index (χ1n) is 7.79. The largest absolute Gasteiger partial charge is 0.393 e. The molecule has 3 unspecified atom stereocenters. The normalized spacial score (nSPS) is 29.7. The molecule has 0 spiro atoms. The second kappa shape index (κ2) is 6.13. The maximum Gasteiger partial charge on any atom is 0.127 e.